The van der Waals surface area contributed by atoms with E-state index in [0.717, 1.165) is 17.7 Å². The van der Waals surface area contributed by atoms with E-state index < -0.39 is 17.8 Å². The van der Waals surface area contributed by atoms with Crippen LogP contribution in [0.1, 0.15) is 12.5 Å². The predicted octanol–water partition coefficient (Wildman–Crippen LogP) is 6.23. The van der Waals surface area contributed by atoms with Crippen molar-refractivity contribution in [3.8, 4) is 22.6 Å². The Labute approximate surface area is 237 Å². The van der Waals surface area contributed by atoms with Crippen LogP contribution in [-0.4, -0.2) is 32.7 Å². The van der Waals surface area contributed by atoms with Crippen LogP contribution in [0.4, 0.5) is 29.5 Å². The number of aliphatic imine (C=N–C) groups is 1. The number of aromatic nitrogens is 4. The van der Waals surface area contributed by atoms with Gasteiger partial charge < -0.3 is 21.1 Å². The molecule has 210 valence electrons. The fraction of sp³-hybridized carbons (Fsp3) is 0.0741. The molecule has 0 unspecified atom stereocenters. The van der Waals surface area contributed by atoms with Crippen molar-refractivity contribution in [3.05, 3.63) is 101 Å². The third-order valence-corrected chi connectivity index (χ3v) is 5.66. The Kier molecular flexibility index (Phi) is 8.68. The molecule has 4 rings (SSSR count). The van der Waals surface area contributed by atoms with Crippen molar-refractivity contribution in [1.82, 2.24) is 25.3 Å². The second-order valence-corrected chi connectivity index (χ2v) is 8.82. The van der Waals surface area contributed by atoms with Crippen LogP contribution in [-0.2, 0) is 6.18 Å². The molecule has 4 aromatic rings. The minimum absolute atomic E-state index is 0.120. The van der Waals surface area contributed by atoms with Gasteiger partial charge in [-0.2, -0.15) is 13.2 Å². The fourth-order valence-electron chi connectivity index (χ4n) is 3.54. The summed E-state index contributed by atoms with van der Waals surface area (Å²) in [6, 6.07) is 10.7. The minimum Gasteiger partial charge on any atom is -0.439 e. The van der Waals surface area contributed by atoms with E-state index in [9.17, 15) is 18.0 Å². The molecular weight excluding hydrogens is 561 g/mol. The Bertz CT molecular complexity index is 1620. The number of pyridine rings is 1. The van der Waals surface area contributed by atoms with E-state index in [1.54, 1.807) is 37.3 Å². The Morgan fingerprint density at radius 2 is 1.93 bits per heavy atom. The van der Waals surface area contributed by atoms with E-state index in [4.69, 9.17) is 22.1 Å². The van der Waals surface area contributed by atoms with Crippen molar-refractivity contribution in [3.63, 3.8) is 0 Å². The third-order valence-electron chi connectivity index (χ3n) is 5.46. The second-order valence-electron chi connectivity index (χ2n) is 8.38. The number of carbonyl (C=O) groups is 1. The van der Waals surface area contributed by atoms with Gasteiger partial charge in [0.15, 0.2) is 0 Å². The first-order valence-electron chi connectivity index (χ1n) is 11.7. The van der Waals surface area contributed by atoms with Crippen LogP contribution in [0.25, 0.3) is 16.8 Å². The molecule has 0 bridgehead atoms. The van der Waals surface area contributed by atoms with Gasteiger partial charge in [-0.1, -0.05) is 28.9 Å². The molecule has 0 radical (unpaired) electrons. The molecule has 0 spiro atoms. The second kappa shape index (κ2) is 12.3. The van der Waals surface area contributed by atoms with Crippen LogP contribution in [0.15, 0.2) is 95.8 Å². The molecule has 2 amide bonds. The largest absolute Gasteiger partial charge is 0.439 e. The van der Waals surface area contributed by atoms with E-state index in [1.807, 2.05) is 0 Å². The number of anilines is 2. The zero-order valence-electron chi connectivity index (χ0n) is 21.4. The summed E-state index contributed by atoms with van der Waals surface area (Å²) in [7, 11) is 0. The smallest absolute Gasteiger partial charge is 0.416 e. The Morgan fingerprint density at radius 1 is 1.17 bits per heavy atom. The first-order valence-corrected chi connectivity index (χ1v) is 12.1. The van der Waals surface area contributed by atoms with Crippen molar-refractivity contribution >= 4 is 35.9 Å². The van der Waals surface area contributed by atoms with E-state index in [1.165, 1.54) is 41.5 Å². The molecule has 41 heavy (non-hydrogen) atoms. The number of allylic oxidation sites excluding steroid dienone is 3. The van der Waals surface area contributed by atoms with Gasteiger partial charge in [0.25, 0.3) is 0 Å². The van der Waals surface area contributed by atoms with E-state index in [0.29, 0.717) is 27.9 Å². The van der Waals surface area contributed by atoms with Crippen molar-refractivity contribution in [2.24, 2.45) is 4.99 Å². The van der Waals surface area contributed by atoms with Crippen LogP contribution < -0.4 is 21.1 Å². The summed E-state index contributed by atoms with van der Waals surface area (Å²) >= 11 is 6.02. The van der Waals surface area contributed by atoms with Gasteiger partial charge >= 0.3 is 12.2 Å². The molecule has 0 saturated carbocycles. The van der Waals surface area contributed by atoms with Gasteiger partial charge in [0.05, 0.1) is 34.4 Å². The number of nitrogens with one attached hydrogen (secondary N) is 2. The Hall–Kier alpha value is -5.17. The van der Waals surface area contributed by atoms with Crippen molar-refractivity contribution < 1.29 is 22.7 Å². The van der Waals surface area contributed by atoms with Gasteiger partial charge in [-0.15, -0.1) is 5.10 Å². The van der Waals surface area contributed by atoms with Gasteiger partial charge in [-0.25, -0.2) is 19.5 Å². The molecular formula is C27H22ClF3N8O2. The number of halogens is 4. The number of ether oxygens (including phenoxy) is 1. The maximum atomic E-state index is 13.3. The van der Waals surface area contributed by atoms with Gasteiger partial charge in [0.2, 0.25) is 5.88 Å². The standard InChI is InChI=1S/C27H22ClF3N8O2/c1-16(36-26(40)37-22-13-18(27(29,30)31)6-9-23(22)39-12-11-35-38-39)3-10-24(33-2)41-20-7-4-17(5-8-20)21-14-19(28)15-34-25(21)32/h3-15H,2H2,1H3,(H2,32,34)(H2,36,37,40)/b16-3+,24-10+. The van der Waals surface area contributed by atoms with Gasteiger partial charge in [0.1, 0.15) is 11.6 Å². The monoisotopic (exact) mass is 582 g/mol. The number of amides is 2. The number of nitrogens with two attached hydrogens (primary N) is 1. The highest BCUT2D eigenvalue weighted by molar-refractivity contribution is 6.30. The molecule has 2 aromatic heterocycles. The molecule has 14 heteroatoms. The average molecular weight is 583 g/mol. The lowest BCUT2D eigenvalue weighted by atomic mass is 10.1. The number of rotatable bonds is 8. The van der Waals surface area contributed by atoms with Crippen LogP contribution in [0, 0.1) is 0 Å². The lowest BCUT2D eigenvalue weighted by molar-refractivity contribution is -0.137. The zero-order chi connectivity index (χ0) is 29.6. The summed E-state index contributed by atoms with van der Waals surface area (Å²) < 4.78 is 46.8. The molecule has 10 nitrogen and oxygen atoms in total. The van der Waals surface area contributed by atoms with Crippen LogP contribution in [0.2, 0.25) is 5.02 Å². The SMILES string of the molecule is C=N/C(=C\C=C(/C)NC(=O)Nc1cc(C(F)(F)F)ccc1-n1ccnn1)Oc1ccc(-c2cc(Cl)cnc2N)cc1. The molecule has 0 atom stereocenters. The quantitative estimate of drug-likeness (QED) is 0.128. The van der Waals surface area contributed by atoms with Gasteiger partial charge in [-0.3, -0.25) is 0 Å². The molecule has 0 saturated heterocycles. The first kappa shape index (κ1) is 28.8. The molecule has 0 fully saturated rings. The summed E-state index contributed by atoms with van der Waals surface area (Å²) in [5.74, 6) is 0.897. The first-order chi connectivity index (χ1) is 19.5. The maximum absolute atomic E-state index is 13.3. The third kappa shape index (κ3) is 7.48. The number of benzene rings is 2. The number of urea groups is 1. The van der Waals surface area contributed by atoms with Crippen LogP contribution in [0.5, 0.6) is 5.75 Å². The molecule has 2 aromatic carbocycles. The minimum atomic E-state index is -4.61. The molecule has 0 aliphatic heterocycles. The fourth-order valence-corrected chi connectivity index (χ4v) is 3.70. The number of alkyl halides is 3. The van der Waals surface area contributed by atoms with Crippen molar-refractivity contribution in [2.45, 2.75) is 13.1 Å². The summed E-state index contributed by atoms with van der Waals surface area (Å²) in [6.45, 7) is 5.05. The van der Waals surface area contributed by atoms with Crippen LogP contribution in [0.3, 0.4) is 0 Å². The predicted molar refractivity (Wildman–Crippen MR) is 150 cm³/mol. The van der Waals surface area contributed by atoms with Gasteiger partial charge in [0, 0.05) is 23.5 Å². The molecule has 0 aliphatic rings. The average Bonchev–Trinajstić information content (AvgIpc) is 3.47. The van der Waals surface area contributed by atoms with E-state index in [2.05, 4.69) is 37.6 Å². The highest BCUT2D eigenvalue weighted by Crippen LogP contribution is 2.33. The Balaban J connectivity index is 1.44. The van der Waals surface area contributed by atoms with E-state index >= 15 is 0 Å². The topological polar surface area (TPSA) is 132 Å². The number of hydrogen-bond donors (Lipinski definition) is 3. The summed E-state index contributed by atoms with van der Waals surface area (Å²) in [6.07, 6.45) is 2.59. The lowest BCUT2D eigenvalue weighted by Gasteiger charge is -2.15. The number of nitrogen functional groups attached to an aromatic ring is 1. The van der Waals surface area contributed by atoms with Crippen molar-refractivity contribution in [2.75, 3.05) is 11.1 Å². The van der Waals surface area contributed by atoms with E-state index in [-0.39, 0.29) is 17.3 Å². The highest BCUT2D eigenvalue weighted by atomic mass is 35.5. The summed E-state index contributed by atoms with van der Waals surface area (Å²) in [4.78, 5) is 20.5. The maximum Gasteiger partial charge on any atom is 0.416 e. The normalized spacial score (nSPS) is 12.1. The number of hydrogen-bond acceptors (Lipinski definition) is 7. The summed E-state index contributed by atoms with van der Waals surface area (Å²) in [5, 5.41) is 12.8. The van der Waals surface area contributed by atoms with Gasteiger partial charge in [-0.05, 0) is 61.7 Å². The van der Waals surface area contributed by atoms with Crippen LogP contribution >= 0.6 is 11.6 Å². The number of nitrogens with zero attached hydrogens (tertiary/aromatic N) is 5. The Morgan fingerprint density at radius 3 is 2.59 bits per heavy atom. The summed E-state index contributed by atoms with van der Waals surface area (Å²) in [5.41, 5.74) is 6.85. The zero-order valence-corrected chi connectivity index (χ0v) is 22.1. The molecule has 4 N–H and O–H groups in total. The molecule has 2 heterocycles. The highest BCUT2D eigenvalue weighted by Gasteiger charge is 2.31. The van der Waals surface area contributed by atoms with Crippen molar-refractivity contribution in [1.29, 1.82) is 0 Å². The molecule has 0 aliphatic carbocycles. The number of carbonyl (C=O) groups excluding carboxylic acids is 1. The lowest BCUT2D eigenvalue weighted by Crippen LogP contribution is -2.28.